The van der Waals surface area contributed by atoms with E-state index in [1.165, 1.54) is 29.7 Å². The summed E-state index contributed by atoms with van der Waals surface area (Å²) in [6.45, 7) is 0.240. The predicted molar refractivity (Wildman–Crippen MR) is 85.4 cm³/mol. The van der Waals surface area contributed by atoms with Crippen molar-refractivity contribution < 1.29 is 19.0 Å². The third kappa shape index (κ3) is 3.52. The summed E-state index contributed by atoms with van der Waals surface area (Å²) in [6.07, 6.45) is 3.59. The quantitative estimate of drug-likeness (QED) is 0.878. The molecule has 0 saturated carbocycles. The Labute approximate surface area is 134 Å². The van der Waals surface area contributed by atoms with Gasteiger partial charge in [-0.3, -0.25) is 4.79 Å². The number of carboxylic acid groups (broad SMARTS) is 1. The number of hydrogen-bond acceptors (Lipinski definition) is 2. The van der Waals surface area contributed by atoms with Crippen molar-refractivity contribution in [2.24, 2.45) is 0 Å². The standard InChI is InChI=1S/C19H19FO3/c20-18-7-2-1-6-16(18)17(19(21)22)10-11-23-15-9-8-13-4-3-5-14(13)12-15/h1-2,6-9,12,17H,3-5,10-11H2,(H,21,22). The maximum atomic E-state index is 13.8. The zero-order valence-corrected chi connectivity index (χ0v) is 12.8. The van der Waals surface area contributed by atoms with E-state index in [1.807, 2.05) is 12.1 Å². The third-order valence-corrected chi connectivity index (χ3v) is 4.32. The number of benzene rings is 2. The summed E-state index contributed by atoms with van der Waals surface area (Å²) in [5.41, 5.74) is 2.89. The van der Waals surface area contributed by atoms with Gasteiger partial charge in [-0.1, -0.05) is 24.3 Å². The highest BCUT2D eigenvalue weighted by Crippen LogP contribution is 2.27. The summed E-state index contributed by atoms with van der Waals surface area (Å²) in [6, 6.07) is 12.0. The molecule has 23 heavy (non-hydrogen) atoms. The van der Waals surface area contributed by atoms with E-state index in [1.54, 1.807) is 12.1 Å². The fraction of sp³-hybridized carbons (Fsp3) is 0.316. The lowest BCUT2D eigenvalue weighted by Gasteiger charge is -2.14. The molecule has 0 amide bonds. The lowest BCUT2D eigenvalue weighted by Crippen LogP contribution is -2.16. The number of carboxylic acids is 1. The minimum absolute atomic E-state index is 0.206. The van der Waals surface area contributed by atoms with E-state index >= 15 is 0 Å². The van der Waals surface area contributed by atoms with Crippen LogP contribution in [0.3, 0.4) is 0 Å². The molecule has 1 unspecified atom stereocenters. The van der Waals surface area contributed by atoms with Crippen molar-refractivity contribution in [1.82, 2.24) is 0 Å². The maximum Gasteiger partial charge on any atom is 0.311 e. The van der Waals surface area contributed by atoms with Crippen LogP contribution in [0.25, 0.3) is 0 Å². The SMILES string of the molecule is O=C(O)C(CCOc1ccc2c(c1)CCC2)c1ccccc1F. The van der Waals surface area contributed by atoms with E-state index in [-0.39, 0.29) is 18.6 Å². The molecule has 0 saturated heterocycles. The maximum absolute atomic E-state index is 13.8. The highest BCUT2D eigenvalue weighted by Gasteiger charge is 2.23. The van der Waals surface area contributed by atoms with Gasteiger partial charge < -0.3 is 9.84 Å². The average Bonchev–Trinajstić information content (AvgIpc) is 3.00. The molecule has 2 aromatic carbocycles. The highest BCUT2D eigenvalue weighted by molar-refractivity contribution is 5.76. The lowest BCUT2D eigenvalue weighted by molar-refractivity contribution is -0.139. The van der Waals surface area contributed by atoms with Crippen molar-refractivity contribution in [3.63, 3.8) is 0 Å². The van der Waals surface area contributed by atoms with Crippen LogP contribution in [-0.4, -0.2) is 17.7 Å². The van der Waals surface area contributed by atoms with Gasteiger partial charge in [0, 0.05) is 5.56 Å². The molecule has 120 valence electrons. The van der Waals surface area contributed by atoms with E-state index in [0.717, 1.165) is 18.6 Å². The molecule has 1 N–H and O–H groups in total. The average molecular weight is 314 g/mol. The number of hydrogen-bond donors (Lipinski definition) is 1. The first-order valence-electron chi connectivity index (χ1n) is 7.87. The van der Waals surface area contributed by atoms with Crippen LogP contribution in [0.4, 0.5) is 4.39 Å². The first-order valence-corrected chi connectivity index (χ1v) is 7.87. The number of halogens is 1. The smallest absolute Gasteiger partial charge is 0.311 e. The van der Waals surface area contributed by atoms with Crippen LogP contribution in [0.15, 0.2) is 42.5 Å². The Bertz CT molecular complexity index is 712. The molecule has 2 aromatic rings. The first-order chi connectivity index (χ1) is 11.1. The van der Waals surface area contributed by atoms with Crippen molar-refractivity contribution in [1.29, 1.82) is 0 Å². The van der Waals surface area contributed by atoms with Crippen LogP contribution < -0.4 is 4.74 Å². The summed E-state index contributed by atoms with van der Waals surface area (Å²) < 4.78 is 19.5. The summed E-state index contributed by atoms with van der Waals surface area (Å²) in [7, 11) is 0. The minimum Gasteiger partial charge on any atom is -0.494 e. The van der Waals surface area contributed by atoms with E-state index in [2.05, 4.69) is 6.07 Å². The zero-order valence-electron chi connectivity index (χ0n) is 12.8. The Kier molecular flexibility index (Phi) is 4.60. The molecule has 0 bridgehead atoms. The number of fused-ring (bicyclic) bond motifs is 1. The second-order valence-corrected chi connectivity index (χ2v) is 5.83. The molecular formula is C19H19FO3. The van der Waals surface area contributed by atoms with Gasteiger partial charge in [0.1, 0.15) is 11.6 Å². The molecule has 1 aliphatic rings. The molecule has 3 rings (SSSR count). The van der Waals surface area contributed by atoms with Crippen LogP contribution in [0.5, 0.6) is 5.75 Å². The van der Waals surface area contributed by atoms with Gasteiger partial charge in [0.25, 0.3) is 0 Å². The zero-order chi connectivity index (χ0) is 16.2. The van der Waals surface area contributed by atoms with Crippen molar-refractivity contribution in [2.75, 3.05) is 6.61 Å². The second-order valence-electron chi connectivity index (χ2n) is 5.83. The Hall–Kier alpha value is -2.36. The second kappa shape index (κ2) is 6.82. The number of aliphatic carboxylic acids is 1. The van der Waals surface area contributed by atoms with Crippen LogP contribution in [0, 0.1) is 5.82 Å². The fourth-order valence-electron chi connectivity index (χ4n) is 3.10. The summed E-state index contributed by atoms with van der Waals surface area (Å²) >= 11 is 0. The molecule has 0 aromatic heterocycles. The molecule has 0 aliphatic heterocycles. The van der Waals surface area contributed by atoms with Crippen molar-refractivity contribution in [3.05, 3.63) is 65.0 Å². The molecule has 0 heterocycles. The van der Waals surface area contributed by atoms with Crippen molar-refractivity contribution in [3.8, 4) is 5.75 Å². The van der Waals surface area contributed by atoms with Gasteiger partial charge in [0.15, 0.2) is 0 Å². The Morgan fingerprint density at radius 3 is 2.74 bits per heavy atom. The van der Waals surface area contributed by atoms with E-state index in [4.69, 9.17) is 4.74 Å². The molecular weight excluding hydrogens is 295 g/mol. The fourth-order valence-corrected chi connectivity index (χ4v) is 3.10. The molecule has 0 radical (unpaired) electrons. The molecule has 3 nitrogen and oxygen atoms in total. The van der Waals surface area contributed by atoms with Gasteiger partial charge in [-0.25, -0.2) is 4.39 Å². The number of rotatable bonds is 6. The van der Waals surface area contributed by atoms with Crippen molar-refractivity contribution in [2.45, 2.75) is 31.6 Å². The Morgan fingerprint density at radius 2 is 1.96 bits per heavy atom. The molecule has 0 spiro atoms. The molecule has 1 aliphatic carbocycles. The monoisotopic (exact) mass is 314 g/mol. The van der Waals surface area contributed by atoms with Gasteiger partial charge >= 0.3 is 5.97 Å². The summed E-state index contributed by atoms with van der Waals surface area (Å²) in [4.78, 5) is 11.4. The van der Waals surface area contributed by atoms with Gasteiger partial charge in [-0.2, -0.15) is 0 Å². The predicted octanol–water partition coefficient (Wildman–Crippen LogP) is 3.95. The van der Waals surface area contributed by atoms with Gasteiger partial charge in [-0.05, 0) is 55.0 Å². The van der Waals surface area contributed by atoms with E-state index in [9.17, 15) is 14.3 Å². The van der Waals surface area contributed by atoms with Gasteiger partial charge in [-0.15, -0.1) is 0 Å². The van der Waals surface area contributed by atoms with Crippen LogP contribution >= 0.6 is 0 Å². The minimum atomic E-state index is -1.03. The largest absolute Gasteiger partial charge is 0.494 e. The number of carbonyl (C=O) groups is 1. The van der Waals surface area contributed by atoms with Gasteiger partial charge in [0.05, 0.1) is 12.5 Å². The topological polar surface area (TPSA) is 46.5 Å². The molecule has 4 heteroatoms. The number of ether oxygens (including phenoxy) is 1. The summed E-state index contributed by atoms with van der Waals surface area (Å²) in [5, 5.41) is 9.35. The highest BCUT2D eigenvalue weighted by atomic mass is 19.1. The van der Waals surface area contributed by atoms with Crippen molar-refractivity contribution >= 4 is 5.97 Å². The Balaban J connectivity index is 1.64. The third-order valence-electron chi connectivity index (χ3n) is 4.32. The van der Waals surface area contributed by atoms with Crippen LogP contribution in [0.1, 0.15) is 35.4 Å². The Morgan fingerprint density at radius 1 is 1.17 bits per heavy atom. The van der Waals surface area contributed by atoms with Crippen LogP contribution in [-0.2, 0) is 17.6 Å². The van der Waals surface area contributed by atoms with Crippen LogP contribution in [0.2, 0.25) is 0 Å². The van der Waals surface area contributed by atoms with E-state index in [0.29, 0.717) is 0 Å². The summed E-state index contributed by atoms with van der Waals surface area (Å²) in [5.74, 6) is -1.67. The normalized spacial score (nSPS) is 14.3. The number of aryl methyl sites for hydroxylation is 2. The van der Waals surface area contributed by atoms with E-state index < -0.39 is 17.7 Å². The lowest BCUT2D eigenvalue weighted by atomic mass is 9.96. The first kappa shape index (κ1) is 15.5. The van der Waals surface area contributed by atoms with Gasteiger partial charge in [0.2, 0.25) is 0 Å². The molecule has 1 atom stereocenters. The molecule has 0 fully saturated rings.